The number of hydrogen-bond donors (Lipinski definition) is 1. The summed E-state index contributed by atoms with van der Waals surface area (Å²) in [6.07, 6.45) is -2.81. The third-order valence-electron chi connectivity index (χ3n) is 4.95. The highest BCUT2D eigenvalue weighted by molar-refractivity contribution is 8.13. The predicted octanol–water partition coefficient (Wildman–Crippen LogP) is 4.72. The fourth-order valence-electron chi connectivity index (χ4n) is 3.43. The molecule has 0 saturated carbocycles. The lowest BCUT2D eigenvalue weighted by molar-refractivity contribution is -0.138. The van der Waals surface area contributed by atoms with Gasteiger partial charge in [0.2, 0.25) is 0 Å². The lowest BCUT2D eigenvalue weighted by atomic mass is 9.83. The maximum Gasteiger partial charge on any atom is 0.418 e. The SMILES string of the molecule is CC[C@@]1(c2cc(CC(=O)c3ncccc3C(F)(F)F)ccc2F)CCSC(N)=N1. The number of amidine groups is 1. The summed E-state index contributed by atoms with van der Waals surface area (Å²) < 4.78 is 54.1. The van der Waals surface area contributed by atoms with Gasteiger partial charge in [0.15, 0.2) is 11.0 Å². The Morgan fingerprint density at radius 2 is 2.07 bits per heavy atom. The number of carbonyl (C=O) groups is 1. The van der Waals surface area contributed by atoms with E-state index in [2.05, 4.69) is 9.98 Å². The van der Waals surface area contributed by atoms with Gasteiger partial charge in [-0.05, 0) is 42.7 Å². The molecular weight excluding hydrogens is 406 g/mol. The highest BCUT2D eigenvalue weighted by Gasteiger charge is 2.37. The van der Waals surface area contributed by atoms with Crippen LogP contribution in [0.1, 0.15) is 46.9 Å². The number of halogens is 4. The fraction of sp³-hybridized carbons (Fsp3) is 0.350. The molecule has 0 radical (unpaired) electrons. The summed E-state index contributed by atoms with van der Waals surface area (Å²) >= 11 is 1.39. The van der Waals surface area contributed by atoms with Crippen LogP contribution in [0.2, 0.25) is 0 Å². The van der Waals surface area contributed by atoms with E-state index in [9.17, 15) is 22.4 Å². The van der Waals surface area contributed by atoms with Gasteiger partial charge in [-0.1, -0.05) is 24.8 Å². The summed E-state index contributed by atoms with van der Waals surface area (Å²) in [4.78, 5) is 20.6. The molecule has 3 rings (SSSR count). The number of aliphatic imine (C=N–C) groups is 1. The summed E-state index contributed by atoms with van der Waals surface area (Å²) in [6.45, 7) is 1.87. The first-order valence-corrected chi connectivity index (χ1v) is 9.97. The molecule has 0 amide bonds. The molecule has 29 heavy (non-hydrogen) atoms. The minimum absolute atomic E-state index is 0.297. The average molecular weight is 425 g/mol. The molecule has 2 heterocycles. The summed E-state index contributed by atoms with van der Waals surface area (Å²) in [6, 6.07) is 6.05. The molecule has 0 bridgehead atoms. The zero-order chi connectivity index (χ0) is 21.2. The van der Waals surface area contributed by atoms with Crippen molar-refractivity contribution in [2.75, 3.05) is 5.75 Å². The van der Waals surface area contributed by atoms with Crippen molar-refractivity contribution in [2.24, 2.45) is 10.7 Å². The molecule has 4 nitrogen and oxygen atoms in total. The van der Waals surface area contributed by atoms with E-state index < -0.39 is 34.6 Å². The normalized spacial score (nSPS) is 19.7. The minimum Gasteiger partial charge on any atom is -0.379 e. The van der Waals surface area contributed by atoms with E-state index in [1.54, 1.807) is 0 Å². The number of nitrogens with two attached hydrogens (primary N) is 1. The third-order valence-corrected chi connectivity index (χ3v) is 5.74. The second-order valence-corrected chi connectivity index (χ2v) is 7.86. The second kappa shape index (κ2) is 8.14. The van der Waals surface area contributed by atoms with Gasteiger partial charge < -0.3 is 5.73 Å². The molecule has 0 spiro atoms. The number of alkyl halides is 3. The average Bonchev–Trinajstić information content (AvgIpc) is 2.68. The molecule has 1 atom stereocenters. The standard InChI is InChI=1S/C20H19F4N3OS/c1-2-19(7-9-29-18(25)27-19)14-10-12(5-6-15(14)21)11-16(28)17-13(20(22,23)24)4-3-8-26-17/h3-6,8,10H,2,7,9,11H2,1H3,(H2,25,27)/t19-/m0/s1. The number of Topliss-reactive ketones (excluding diaryl/α,β-unsaturated/α-hetero) is 1. The largest absolute Gasteiger partial charge is 0.418 e. The Kier molecular flexibility index (Phi) is 5.97. The number of rotatable bonds is 5. The number of aromatic nitrogens is 1. The topological polar surface area (TPSA) is 68.3 Å². The molecule has 1 aliphatic heterocycles. The maximum absolute atomic E-state index is 14.6. The van der Waals surface area contributed by atoms with Crippen molar-refractivity contribution < 1.29 is 22.4 Å². The van der Waals surface area contributed by atoms with Crippen molar-refractivity contribution in [2.45, 2.75) is 37.9 Å². The number of carbonyl (C=O) groups excluding carboxylic acids is 1. The summed E-state index contributed by atoms with van der Waals surface area (Å²) in [5, 5.41) is 0.363. The van der Waals surface area contributed by atoms with Crippen LogP contribution >= 0.6 is 11.8 Å². The van der Waals surface area contributed by atoms with E-state index >= 15 is 0 Å². The van der Waals surface area contributed by atoms with E-state index in [0.717, 1.165) is 18.3 Å². The quantitative estimate of drug-likeness (QED) is 0.556. The lowest BCUT2D eigenvalue weighted by Gasteiger charge is -2.33. The van der Waals surface area contributed by atoms with Gasteiger partial charge in [-0.25, -0.2) is 4.39 Å². The van der Waals surface area contributed by atoms with E-state index in [-0.39, 0.29) is 6.42 Å². The summed E-state index contributed by atoms with van der Waals surface area (Å²) in [7, 11) is 0. The Morgan fingerprint density at radius 1 is 1.31 bits per heavy atom. The second-order valence-electron chi connectivity index (χ2n) is 6.75. The van der Waals surface area contributed by atoms with Crippen LogP contribution in [0.15, 0.2) is 41.5 Å². The fourth-order valence-corrected chi connectivity index (χ4v) is 4.32. The van der Waals surface area contributed by atoms with Gasteiger partial charge in [0.1, 0.15) is 11.5 Å². The Bertz CT molecular complexity index is 961. The number of nitrogens with zero attached hydrogens (tertiary/aromatic N) is 2. The van der Waals surface area contributed by atoms with Crippen LogP contribution in [0.25, 0.3) is 0 Å². The molecule has 154 valence electrons. The molecule has 9 heteroatoms. The molecule has 0 saturated heterocycles. The van der Waals surface area contributed by atoms with Gasteiger partial charge in [-0.3, -0.25) is 14.8 Å². The van der Waals surface area contributed by atoms with E-state index in [0.29, 0.717) is 34.9 Å². The Balaban J connectivity index is 1.96. The molecular formula is C20H19F4N3OS. The molecule has 2 aromatic rings. The van der Waals surface area contributed by atoms with Crippen molar-refractivity contribution in [1.29, 1.82) is 0 Å². The number of thioether (sulfide) groups is 1. The molecule has 1 aromatic heterocycles. The van der Waals surface area contributed by atoms with Crippen LogP contribution in [0.3, 0.4) is 0 Å². The minimum atomic E-state index is -4.69. The van der Waals surface area contributed by atoms with Crippen molar-refractivity contribution >= 4 is 22.7 Å². The first-order valence-electron chi connectivity index (χ1n) is 8.99. The monoisotopic (exact) mass is 425 g/mol. The number of benzene rings is 1. The number of hydrogen-bond acceptors (Lipinski definition) is 5. The van der Waals surface area contributed by atoms with Gasteiger partial charge in [-0.2, -0.15) is 13.2 Å². The first kappa shape index (κ1) is 21.3. The smallest absolute Gasteiger partial charge is 0.379 e. The zero-order valence-electron chi connectivity index (χ0n) is 15.6. The van der Waals surface area contributed by atoms with E-state index in [1.807, 2.05) is 6.92 Å². The van der Waals surface area contributed by atoms with Crippen LogP contribution in [0.5, 0.6) is 0 Å². The van der Waals surface area contributed by atoms with Crippen LogP contribution in [-0.2, 0) is 18.1 Å². The predicted molar refractivity (Wildman–Crippen MR) is 104 cm³/mol. The molecule has 0 aliphatic carbocycles. The van der Waals surface area contributed by atoms with Gasteiger partial charge in [0, 0.05) is 23.9 Å². The molecule has 1 aliphatic rings. The van der Waals surface area contributed by atoms with Gasteiger partial charge in [0.05, 0.1) is 11.1 Å². The van der Waals surface area contributed by atoms with Crippen molar-refractivity contribution in [3.63, 3.8) is 0 Å². The maximum atomic E-state index is 14.6. The summed E-state index contributed by atoms with van der Waals surface area (Å²) in [5.41, 5.74) is 3.96. The molecule has 0 fully saturated rings. The molecule has 0 unspecified atom stereocenters. The summed E-state index contributed by atoms with van der Waals surface area (Å²) in [5.74, 6) is -0.599. The van der Waals surface area contributed by atoms with Crippen LogP contribution in [-0.4, -0.2) is 21.7 Å². The lowest BCUT2D eigenvalue weighted by Crippen LogP contribution is -2.32. The van der Waals surface area contributed by atoms with Crippen LogP contribution in [0.4, 0.5) is 17.6 Å². The van der Waals surface area contributed by atoms with Crippen molar-refractivity contribution in [3.05, 3.63) is 64.7 Å². The molecule has 2 N–H and O–H groups in total. The molecule has 1 aromatic carbocycles. The van der Waals surface area contributed by atoms with Crippen molar-refractivity contribution in [3.8, 4) is 0 Å². The van der Waals surface area contributed by atoms with E-state index in [4.69, 9.17) is 5.73 Å². The van der Waals surface area contributed by atoms with Crippen LogP contribution in [0, 0.1) is 5.82 Å². The Hall–Kier alpha value is -2.42. The highest BCUT2D eigenvalue weighted by atomic mass is 32.2. The zero-order valence-corrected chi connectivity index (χ0v) is 16.4. The van der Waals surface area contributed by atoms with Gasteiger partial charge in [-0.15, -0.1) is 0 Å². The van der Waals surface area contributed by atoms with E-state index in [1.165, 1.54) is 30.0 Å². The third kappa shape index (κ3) is 4.44. The number of pyridine rings is 1. The van der Waals surface area contributed by atoms with Gasteiger partial charge in [0.25, 0.3) is 0 Å². The van der Waals surface area contributed by atoms with Crippen molar-refractivity contribution in [1.82, 2.24) is 4.98 Å². The Labute approximate surface area is 169 Å². The Morgan fingerprint density at radius 3 is 2.72 bits per heavy atom. The number of ketones is 1. The van der Waals surface area contributed by atoms with Crippen LogP contribution < -0.4 is 5.73 Å². The van der Waals surface area contributed by atoms with Gasteiger partial charge >= 0.3 is 6.18 Å². The first-order chi connectivity index (χ1) is 13.7. The highest BCUT2D eigenvalue weighted by Crippen LogP contribution is 2.40.